The van der Waals surface area contributed by atoms with Crippen LogP contribution in [-0.2, 0) is 0 Å². The molecule has 0 saturated heterocycles. The van der Waals surface area contributed by atoms with E-state index in [9.17, 15) is 13.2 Å². The highest BCUT2D eigenvalue weighted by Gasteiger charge is 2.30. The predicted molar refractivity (Wildman–Crippen MR) is 98.4 cm³/mol. The lowest BCUT2D eigenvalue weighted by molar-refractivity contribution is -0.274. The van der Waals surface area contributed by atoms with Crippen molar-refractivity contribution in [3.05, 3.63) is 53.1 Å². The summed E-state index contributed by atoms with van der Waals surface area (Å²) in [4.78, 5) is 12.2. The lowest BCUT2D eigenvalue weighted by atomic mass is 10.2. The molecule has 0 amide bonds. The normalized spacial score (nSPS) is 12.4. The molecule has 0 bridgehead atoms. The van der Waals surface area contributed by atoms with Gasteiger partial charge in [-0.1, -0.05) is 11.6 Å². The van der Waals surface area contributed by atoms with Gasteiger partial charge in [0.15, 0.2) is 0 Å². The first-order valence-corrected chi connectivity index (χ1v) is 8.18. The van der Waals surface area contributed by atoms with Gasteiger partial charge in [-0.05, 0) is 49.4 Å². The van der Waals surface area contributed by atoms with Crippen LogP contribution in [0.15, 0.2) is 47.4 Å². The average molecular weight is 400 g/mol. The number of anilines is 1. The summed E-state index contributed by atoms with van der Waals surface area (Å²) >= 11 is 6.10. The molecule has 3 N–H and O–H groups in total. The average Bonchev–Trinajstić information content (AvgIpc) is 2.61. The lowest BCUT2D eigenvalue weighted by Gasteiger charge is -2.09. The SMILES string of the molecule is Cc1ncnc(NCCC(C=Nc2ccc(OC(F)(F)F)cc2)=CN)c1Cl. The molecule has 0 saturated carbocycles. The van der Waals surface area contributed by atoms with E-state index in [0.717, 1.165) is 5.57 Å². The third kappa shape index (κ3) is 6.78. The Morgan fingerprint density at radius 1 is 1.30 bits per heavy atom. The Balaban J connectivity index is 1.90. The quantitative estimate of drug-likeness (QED) is 0.675. The van der Waals surface area contributed by atoms with Crippen molar-refractivity contribution < 1.29 is 17.9 Å². The Bertz CT molecular complexity index is 822. The summed E-state index contributed by atoms with van der Waals surface area (Å²) in [5.74, 6) is 0.218. The Kier molecular flexibility index (Phi) is 7.00. The molecule has 2 rings (SSSR count). The monoisotopic (exact) mass is 399 g/mol. The topological polar surface area (TPSA) is 85.4 Å². The number of nitrogens with one attached hydrogen (secondary N) is 1. The van der Waals surface area contributed by atoms with Crippen molar-refractivity contribution in [1.29, 1.82) is 0 Å². The molecule has 1 heterocycles. The van der Waals surface area contributed by atoms with Crippen molar-refractivity contribution in [2.75, 3.05) is 11.9 Å². The number of nitrogens with zero attached hydrogens (tertiary/aromatic N) is 3. The van der Waals surface area contributed by atoms with Crippen LogP contribution in [0, 0.1) is 6.92 Å². The molecule has 2 aromatic rings. The van der Waals surface area contributed by atoms with Gasteiger partial charge in [-0.15, -0.1) is 13.2 Å². The largest absolute Gasteiger partial charge is 0.573 e. The van der Waals surface area contributed by atoms with E-state index in [4.69, 9.17) is 17.3 Å². The van der Waals surface area contributed by atoms with E-state index in [-0.39, 0.29) is 5.75 Å². The van der Waals surface area contributed by atoms with Crippen LogP contribution in [0.3, 0.4) is 0 Å². The minimum atomic E-state index is -4.72. The van der Waals surface area contributed by atoms with Crippen LogP contribution in [0.5, 0.6) is 5.75 Å². The first kappa shape index (κ1) is 20.5. The summed E-state index contributed by atoms with van der Waals surface area (Å²) < 4.78 is 40.2. The van der Waals surface area contributed by atoms with E-state index in [1.54, 1.807) is 6.92 Å². The van der Waals surface area contributed by atoms with Gasteiger partial charge in [-0.3, -0.25) is 4.99 Å². The van der Waals surface area contributed by atoms with E-state index in [1.807, 2.05) is 0 Å². The van der Waals surface area contributed by atoms with Gasteiger partial charge in [-0.25, -0.2) is 9.97 Å². The van der Waals surface area contributed by atoms with Crippen molar-refractivity contribution in [3.63, 3.8) is 0 Å². The van der Waals surface area contributed by atoms with Crippen LogP contribution in [0.2, 0.25) is 5.02 Å². The molecule has 144 valence electrons. The van der Waals surface area contributed by atoms with E-state index < -0.39 is 6.36 Å². The number of hydrogen-bond acceptors (Lipinski definition) is 6. The molecular weight excluding hydrogens is 383 g/mol. The third-order valence-corrected chi connectivity index (χ3v) is 3.79. The Hall–Kier alpha value is -2.81. The number of hydrogen-bond donors (Lipinski definition) is 2. The first-order chi connectivity index (χ1) is 12.8. The van der Waals surface area contributed by atoms with Crippen molar-refractivity contribution in [1.82, 2.24) is 9.97 Å². The maximum atomic E-state index is 12.1. The van der Waals surface area contributed by atoms with Crippen molar-refractivity contribution >= 4 is 29.3 Å². The zero-order valence-corrected chi connectivity index (χ0v) is 15.1. The lowest BCUT2D eigenvalue weighted by Crippen LogP contribution is -2.16. The molecule has 0 aliphatic rings. The number of aliphatic imine (C=N–C) groups is 1. The van der Waals surface area contributed by atoms with E-state index in [0.29, 0.717) is 35.2 Å². The number of halogens is 4. The van der Waals surface area contributed by atoms with Gasteiger partial charge < -0.3 is 15.8 Å². The number of benzene rings is 1. The van der Waals surface area contributed by atoms with Gasteiger partial charge >= 0.3 is 6.36 Å². The van der Waals surface area contributed by atoms with Crippen LogP contribution in [0.4, 0.5) is 24.7 Å². The number of rotatable bonds is 7. The molecule has 0 fully saturated rings. The standard InChI is InChI=1S/C17H17ClF3N5O/c1-11-15(18)16(26-10-25-11)23-7-6-12(8-22)9-24-13-2-4-14(5-3-13)27-17(19,20)21/h2-5,8-10H,6-7,22H2,1H3,(H,23,25,26). The van der Waals surface area contributed by atoms with Crippen LogP contribution in [-0.4, -0.2) is 29.1 Å². The van der Waals surface area contributed by atoms with Crippen molar-refractivity contribution in [2.45, 2.75) is 19.7 Å². The first-order valence-electron chi connectivity index (χ1n) is 7.80. The van der Waals surface area contributed by atoms with Gasteiger partial charge in [0.1, 0.15) is 22.9 Å². The highest BCUT2D eigenvalue weighted by molar-refractivity contribution is 6.33. The van der Waals surface area contributed by atoms with Crippen LogP contribution < -0.4 is 15.8 Å². The molecular formula is C17H17ClF3N5O. The maximum Gasteiger partial charge on any atom is 0.573 e. The van der Waals surface area contributed by atoms with Crippen molar-refractivity contribution in [2.24, 2.45) is 10.7 Å². The molecule has 0 spiro atoms. The molecule has 0 radical (unpaired) electrons. The van der Waals surface area contributed by atoms with Gasteiger partial charge in [0.2, 0.25) is 0 Å². The molecule has 0 aliphatic carbocycles. The minimum absolute atomic E-state index is 0.308. The van der Waals surface area contributed by atoms with Gasteiger partial charge in [0.25, 0.3) is 0 Å². The second kappa shape index (κ2) is 9.22. The highest BCUT2D eigenvalue weighted by Crippen LogP contribution is 2.25. The molecule has 27 heavy (non-hydrogen) atoms. The van der Waals surface area contributed by atoms with Crippen molar-refractivity contribution in [3.8, 4) is 5.75 Å². The molecule has 0 aliphatic heterocycles. The second-order valence-corrected chi connectivity index (χ2v) is 5.72. The summed E-state index contributed by atoms with van der Waals surface area (Å²) in [7, 11) is 0. The van der Waals surface area contributed by atoms with Gasteiger partial charge in [-0.2, -0.15) is 0 Å². The van der Waals surface area contributed by atoms with Gasteiger partial charge in [0, 0.05) is 12.8 Å². The fourth-order valence-corrected chi connectivity index (χ4v) is 2.15. The summed E-state index contributed by atoms with van der Waals surface area (Å²) in [5.41, 5.74) is 7.44. The Morgan fingerprint density at radius 3 is 2.63 bits per heavy atom. The molecule has 1 aromatic carbocycles. The minimum Gasteiger partial charge on any atom is -0.406 e. The zero-order chi connectivity index (χ0) is 19.9. The third-order valence-electron chi connectivity index (χ3n) is 3.33. The summed E-state index contributed by atoms with van der Waals surface area (Å²) in [6.07, 6.45) is 0.164. The Morgan fingerprint density at radius 2 is 2.00 bits per heavy atom. The number of aryl methyl sites for hydroxylation is 1. The zero-order valence-electron chi connectivity index (χ0n) is 14.3. The summed E-state index contributed by atoms with van der Waals surface area (Å²) in [6.45, 7) is 2.28. The van der Waals surface area contributed by atoms with E-state index in [2.05, 4.69) is 25.0 Å². The molecule has 6 nitrogen and oxygen atoms in total. The molecule has 0 atom stereocenters. The number of aromatic nitrogens is 2. The number of ether oxygens (including phenoxy) is 1. The Labute approximate surface area is 158 Å². The fourth-order valence-electron chi connectivity index (χ4n) is 1.99. The summed E-state index contributed by atoms with van der Waals surface area (Å²) in [6, 6.07) is 5.20. The summed E-state index contributed by atoms with van der Waals surface area (Å²) in [5, 5.41) is 3.53. The van der Waals surface area contributed by atoms with E-state index in [1.165, 1.54) is 43.0 Å². The number of alkyl halides is 3. The number of nitrogens with two attached hydrogens (primary N) is 1. The fraction of sp³-hybridized carbons (Fsp3) is 0.235. The van der Waals surface area contributed by atoms with E-state index >= 15 is 0 Å². The van der Waals surface area contributed by atoms with Crippen LogP contribution in [0.1, 0.15) is 12.1 Å². The molecule has 0 unspecified atom stereocenters. The second-order valence-electron chi connectivity index (χ2n) is 5.34. The van der Waals surface area contributed by atoms with Gasteiger partial charge in [0.05, 0.1) is 11.4 Å². The van der Waals surface area contributed by atoms with Crippen LogP contribution >= 0.6 is 11.6 Å². The smallest absolute Gasteiger partial charge is 0.406 e. The maximum absolute atomic E-state index is 12.1. The van der Waals surface area contributed by atoms with Crippen LogP contribution in [0.25, 0.3) is 0 Å². The molecule has 10 heteroatoms. The highest BCUT2D eigenvalue weighted by atomic mass is 35.5. The molecule has 1 aromatic heterocycles. The predicted octanol–water partition coefficient (Wildman–Crippen LogP) is 4.38.